The molecule has 180 valence electrons. The number of benzene rings is 1. The zero-order valence-electron chi connectivity index (χ0n) is 21.6. The van der Waals surface area contributed by atoms with E-state index in [0.29, 0.717) is 46.8 Å². The zero-order valence-corrected chi connectivity index (χ0v) is 21.6. The van der Waals surface area contributed by atoms with Gasteiger partial charge in [-0.05, 0) is 114 Å². The Hall–Kier alpha value is -1.33. The summed E-state index contributed by atoms with van der Waals surface area (Å²) in [6.07, 6.45) is 2.31. The highest BCUT2D eigenvalue weighted by Gasteiger charge is 3.14. The van der Waals surface area contributed by atoms with E-state index in [2.05, 4.69) is 58.0 Å². The highest BCUT2D eigenvalue weighted by atomic mass is 16.7. The van der Waals surface area contributed by atoms with Crippen LogP contribution in [0.4, 0.5) is 0 Å². The van der Waals surface area contributed by atoms with Gasteiger partial charge < -0.3 is 14.0 Å². The van der Waals surface area contributed by atoms with Crippen molar-refractivity contribution < 1.29 is 18.8 Å². The van der Waals surface area contributed by atoms with Crippen LogP contribution in [0.2, 0.25) is 5.31 Å². The smallest absolute Gasteiger partial charge is 0.460 e. The molecule has 0 atom stereocenters. The van der Waals surface area contributed by atoms with E-state index >= 15 is 0 Å². The van der Waals surface area contributed by atoms with E-state index in [1.807, 2.05) is 20.8 Å². The second-order valence-electron chi connectivity index (χ2n) is 14.8. The van der Waals surface area contributed by atoms with Crippen molar-refractivity contribution in [3.63, 3.8) is 0 Å². The molecule has 0 aromatic heterocycles. The molecule has 8 aliphatic rings. The third-order valence-electron chi connectivity index (χ3n) is 12.4. The highest BCUT2D eigenvalue weighted by molar-refractivity contribution is 6.51. The van der Waals surface area contributed by atoms with Crippen LogP contribution in [0.5, 0.6) is 0 Å². The number of carbonyl (C=O) groups excluding carboxylic acids is 1. The first kappa shape index (κ1) is 20.8. The zero-order chi connectivity index (χ0) is 23.8. The summed E-state index contributed by atoms with van der Waals surface area (Å²) < 4.78 is 19.6. The molecule has 5 heteroatoms. The number of hydrogen-bond donors (Lipinski definition) is 0. The highest BCUT2D eigenvalue weighted by Crippen LogP contribution is 3.14. The van der Waals surface area contributed by atoms with Crippen molar-refractivity contribution >= 4 is 13.1 Å². The largest absolute Gasteiger partial charge is 0.465 e. The van der Waals surface area contributed by atoms with Gasteiger partial charge in [0.05, 0.1) is 16.6 Å². The van der Waals surface area contributed by atoms with Gasteiger partial charge in [-0.3, -0.25) is 4.79 Å². The third kappa shape index (κ3) is 1.71. The molecule has 34 heavy (non-hydrogen) atoms. The molecule has 1 aromatic carbocycles. The van der Waals surface area contributed by atoms with Crippen LogP contribution in [0.3, 0.4) is 0 Å². The molecule has 1 aromatic rings. The summed E-state index contributed by atoms with van der Waals surface area (Å²) in [5.41, 5.74) is 0.678. The fourth-order valence-corrected chi connectivity index (χ4v) is 10.9. The lowest BCUT2D eigenvalue weighted by Crippen LogP contribution is -3.12. The predicted molar refractivity (Wildman–Crippen MR) is 129 cm³/mol. The molecule has 1 aliphatic heterocycles. The van der Waals surface area contributed by atoms with Crippen molar-refractivity contribution in [2.75, 3.05) is 0 Å². The molecule has 0 amide bonds. The van der Waals surface area contributed by atoms with Crippen LogP contribution in [0.15, 0.2) is 30.3 Å². The lowest BCUT2D eigenvalue weighted by Gasteiger charge is -3.13. The summed E-state index contributed by atoms with van der Waals surface area (Å²) in [5, 5.41) is 0.0859. The number of esters is 1. The van der Waals surface area contributed by atoms with Crippen LogP contribution in [0, 0.1) is 46.3 Å². The molecule has 1 heterocycles. The number of rotatable bonds is 4. The van der Waals surface area contributed by atoms with E-state index in [4.69, 9.17) is 14.0 Å². The molecular formula is C29H37BO4. The van der Waals surface area contributed by atoms with Gasteiger partial charge in [0.25, 0.3) is 0 Å². The first-order valence-electron chi connectivity index (χ1n) is 13.5. The van der Waals surface area contributed by atoms with E-state index in [9.17, 15) is 4.79 Å². The Bertz CT molecular complexity index is 1050. The quantitative estimate of drug-likeness (QED) is 0.441. The minimum Gasteiger partial charge on any atom is -0.460 e. The molecule has 0 unspecified atom stereocenters. The minimum absolute atomic E-state index is 0.0859. The first-order chi connectivity index (χ1) is 15.8. The van der Waals surface area contributed by atoms with E-state index < -0.39 is 5.60 Å². The average molecular weight is 460 g/mol. The van der Waals surface area contributed by atoms with Crippen LogP contribution >= 0.6 is 0 Å². The Morgan fingerprint density at radius 2 is 1.38 bits per heavy atom. The first-order valence-corrected chi connectivity index (χ1v) is 13.5. The monoisotopic (exact) mass is 460 g/mol. The predicted octanol–water partition coefficient (Wildman–Crippen LogP) is 5.48. The second-order valence-corrected chi connectivity index (χ2v) is 14.8. The number of carbonyl (C=O) groups is 1. The molecule has 1 saturated heterocycles. The normalized spacial score (nSPS) is 53.3. The third-order valence-corrected chi connectivity index (χ3v) is 12.4. The van der Waals surface area contributed by atoms with Crippen molar-refractivity contribution in [1.29, 1.82) is 0 Å². The summed E-state index contributed by atoms with van der Waals surface area (Å²) in [7, 11) is -0.139. The van der Waals surface area contributed by atoms with Gasteiger partial charge in [0.2, 0.25) is 0 Å². The lowest BCUT2D eigenvalue weighted by molar-refractivity contribution is -0.655. The topological polar surface area (TPSA) is 44.8 Å². The van der Waals surface area contributed by atoms with Crippen LogP contribution in [-0.2, 0) is 18.8 Å². The summed E-state index contributed by atoms with van der Waals surface area (Å²) in [6, 6.07) is 11.0. The van der Waals surface area contributed by atoms with Gasteiger partial charge in [0.15, 0.2) is 0 Å². The standard InChI is InChI=1S/C29H37BO4/c1-24(2,3)32-23(31)28-17-20-18(28)22-19(28)21(17)29(20,22)27(30-33-25(4,5)26(6,7)34-30)13-16(14-27)15-11-9-8-10-12-15/h8-12,16-22H,13-14H2,1-7H3. The molecule has 0 N–H and O–H groups in total. The van der Waals surface area contributed by atoms with Crippen molar-refractivity contribution in [3.05, 3.63) is 35.9 Å². The van der Waals surface area contributed by atoms with Crippen molar-refractivity contribution in [1.82, 2.24) is 0 Å². The van der Waals surface area contributed by atoms with Crippen molar-refractivity contribution in [3.8, 4) is 0 Å². The van der Waals surface area contributed by atoms with Crippen LogP contribution in [-0.4, -0.2) is 29.9 Å². The Labute approximate surface area is 203 Å². The maximum Gasteiger partial charge on any atom is 0.465 e. The van der Waals surface area contributed by atoms with Crippen LogP contribution in [0.25, 0.3) is 0 Å². The fourth-order valence-electron chi connectivity index (χ4n) is 10.9. The Morgan fingerprint density at radius 1 is 0.882 bits per heavy atom. The van der Waals surface area contributed by atoms with Crippen molar-refractivity contribution in [2.45, 2.75) is 89.3 Å². The molecule has 9 rings (SSSR count). The summed E-state index contributed by atoms with van der Waals surface area (Å²) >= 11 is 0. The molecule has 0 radical (unpaired) electrons. The summed E-state index contributed by atoms with van der Waals surface area (Å²) in [4.78, 5) is 13.3. The average Bonchev–Trinajstić information content (AvgIpc) is 2.94. The fraction of sp³-hybridized carbons (Fsp3) is 0.759. The number of ether oxygens (including phenoxy) is 1. The maximum atomic E-state index is 13.3. The molecule has 7 saturated carbocycles. The van der Waals surface area contributed by atoms with Gasteiger partial charge in [-0.15, -0.1) is 0 Å². The maximum absolute atomic E-state index is 13.3. The van der Waals surface area contributed by atoms with Gasteiger partial charge >= 0.3 is 13.1 Å². The summed E-state index contributed by atoms with van der Waals surface area (Å²) in [6.45, 7) is 14.7. The second kappa shape index (κ2) is 5.34. The minimum atomic E-state index is -0.398. The van der Waals surface area contributed by atoms with Gasteiger partial charge in [-0.25, -0.2) is 0 Å². The van der Waals surface area contributed by atoms with Gasteiger partial charge in [0.1, 0.15) is 5.60 Å². The molecular weight excluding hydrogens is 423 g/mol. The summed E-state index contributed by atoms with van der Waals surface area (Å²) in [5.74, 6) is 4.47. The Kier molecular flexibility index (Phi) is 3.27. The SMILES string of the molecule is CC(C)(C)OC(=O)C12C3C4C1C1C2C3C41C1(B2OC(C)(C)C(C)(C)O2)CC(c2ccccc2)C1. The lowest BCUT2D eigenvalue weighted by atomic mass is 8.88. The molecule has 4 nitrogen and oxygen atoms in total. The molecule has 8 fully saturated rings. The Balaban J connectivity index is 1.12. The number of hydrogen-bond acceptors (Lipinski definition) is 4. The molecule has 7 aliphatic carbocycles. The van der Waals surface area contributed by atoms with Crippen LogP contribution < -0.4 is 0 Å². The van der Waals surface area contributed by atoms with Gasteiger partial charge in [-0.2, -0.15) is 0 Å². The van der Waals surface area contributed by atoms with Gasteiger partial charge in [-0.1, -0.05) is 30.3 Å². The van der Waals surface area contributed by atoms with E-state index in [0.717, 1.165) is 12.8 Å². The Morgan fingerprint density at radius 3 is 1.85 bits per heavy atom. The molecule has 0 bridgehead atoms. The van der Waals surface area contributed by atoms with Gasteiger partial charge in [0, 0.05) is 5.31 Å². The van der Waals surface area contributed by atoms with E-state index in [1.54, 1.807) is 0 Å². The molecule has 0 spiro atoms. The van der Waals surface area contributed by atoms with Crippen molar-refractivity contribution in [2.24, 2.45) is 46.3 Å². The van der Waals surface area contributed by atoms with E-state index in [-0.39, 0.29) is 35.0 Å². The van der Waals surface area contributed by atoms with Crippen LogP contribution in [0.1, 0.15) is 72.8 Å². The van der Waals surface area contributed by atoms with E-state index in [1.165, 1.54) is 5.56 Å².